The number of nitrogens with zero attached hydrogens (tertiary/aromatic N) is 2. The Kier molecular flexibility index (Phi) is 6.24. The van der Waals surface area contributed by atoms with E-state index in [0.29, 0.717) is 18.2 Å². The fourth-order valence-electron chi connectivity index (χ4n) is 3.19. The lowest BCUT2D eigenvalue weighted by Crippen LogP contribution is -2.39. The average molecular weight is 293 g/mol. The van der Waals surface area contributed by atoms with Gasteiger partial charge < -0.3 is 10.1 Å². The molecule has 0 spiro atoms. The lowest BCUT2D eigenvalue weighted by atomic mass is 9.77. The fraction of sp³-hybridized carbons (Fsp3) is 0.824. The van der Waals surface area contributed by atoms with Crippen LogP contribution in [-0.4, -0.2) is 35.1 Å². The molecule has 1 aliphatic rings. The predicted octanol–water partition coefficient (Wildman–Crippen LogP) is 3.19. The highest BCUT2D eigenvalue weighted by Crippen LogP contribution is 2.34. The molecule has 1 aromatic heterocycles. The molecule has 4 heteroatoms. The summed E-state index contributed by atoms with van der Waals surface area (Å²) in [6.07, 6.45) is 7.35. The molecule has 1 aromatic rings. The van der Waals surface area contributed by atoms with Gasteiger partial charge in [0.05, 0.1) is 11.8 Å². The number of hydrogen-bond acceptors (Lipinski definition) is 3. The summed E-state index contributed by atoms with van der Waals surface area (Å²) in [4.78, 5) is 0. The molecule has 4 nitrogen and oxygen atoms in total. The molecule has 0 aromatic carbocycles. The third-order valence-corrected chi connectivity index (χ3v) is 4.35. The lowest BCUT2D eigenvalue weighted by Gasteiger charge is -2.37. The van der Waals surface area contributed by atoms with Gasteiger partial charge in [0.15, 0.2) is 0 Å². The number of aromatic nitrogens is 2. The predicted molar refractivity (Wildman–Crippen MR) is 86.5 cm³/mol. The van der Waals surface area contributed by atoms with Crippen molar-refractivity contribution in [2.75, 3.05) is 13.2 Å². The van der Waals surface area contributed by atoms with Gasteiger partial charge in [-0.15, -0.1) is 0 Å². The number of ether oxygens (including phenoxy) is 1. The number of likely N-dealkylation sites (N-methyl/N-ethyl adjacent to an activating group) is 1. The SMILES string of the molecule is CCNC(Cc1ccn(C(C)C)n1)CC1CC(OCC)C1. The minimum atomic E-state index is 0.440. The van der Waals surface area contributed by atoms with E-state index in [9.17, 15) is 0 Å². The van der Waals surface area contributed by atoms with Gasteiger partial charge >= 0.3 is 0 Å². The summed E-state index contributed by atoms with van der Waals surface area (Å²) >= 11 is 0. The number of hydrogen-bond donors (Lipinski definition) is 1. The van der Waals surface area contributed by atoms with Crippen LogP contribution in [-0.2, 0) is 11.2 Å². The Morgan fingerprint density at radius 2 is 2.14 bits per heavy atom. The van der Waals surface area contributed by atoms with Gasteiger partial charge in [-0.25, -0.2) is 0 Å². The normalized spacial score (nSPS) is 23.3. The Balaban J connectivity index is 1.81. The van der Waals surface area contributed by atoms with Gasteiger partial charge in [0.25, 0.3) is 0 Å². The zero-order valence-electron chi connectivity index (χ0n) is 14.0. The monoisotopic (exact) mass is 293 g/mol. The van der Waals surface area contributed by atoms with Crippen molar-refractivity contribution >= 4 is 0 Å². The van der Waals surface area contributed by atoms with Crippen LogP contribution in [0.4, 0.5) is 0 Å². The molecule has 1 fully saturated rings. The first kappa shape index (κ1) is 16.5. The highest BCUT2D eigenvalue weighted by molar-refractivity contribution is 5.02. The molecule has 2 rings (SSSR count). The van der Waals surface area contributed by atoms with Crippen molar-refractivity contribution in [2.45, 2.75) is 71.6 Å². The van der Waals surface area contributed by atoms with Crippen LogP contribution in [0.2, 0.25) is 0 Å². The minimum absolute atomic E-state index is 0.440. The van der Waals surface area contributed by atoms with Gasteiger partial charge in [-0.2, -0.15) is 5.10 Å². The summed E-state index contributed by atoms with van der Waals surface area (Å²) in [5.41, 5.74) is 1.20. The van der Waals surface area contributed by atoms with Crippen molar-refractivity contribution in [3.63, 3.8) is 0 Å². The van der Waals surface area contributed by atoms with Gasteiger partial charge in [-0.1, -0.05) is 6.92 Å². The fourth-order valence-corrected chi connectivity index (χ4v) is 3.19. The summed E-state index contributed by atoms with van der Waals surface area (Å²) in [7, 11) is 0. The molecule has 1 saturated carbocycles. The molecular weight excluding hydrogens is 262 g/mol. The van der Waals surface area contributed by atoms with Crippen molar-refractivity contribution in [1.29, 1.82) is 0 Å². The molecule has 1 heterocycles. The lowest BCUT2D eigenvalue weighted by molar-refractivity contribution is -0.0290. The first-order valence-electron chi connectivity index (χ1n) is 8.51. The highest BCUT2D eigenvalue weighted by Gasteiger charge is 2.31. The molecule has 21 heavy (non-hydrogen) atoms. The summed E-state index contributed by atoms with van der Waals surface area (Å²) in [5.74, 6) is 0.817. The van der Waals surface area contributed by atoms with Crippen LogP contribution >= 0.6 is 0 Å². The zero-order chi connectivity index (χ0) is 15.2. The number of rotatable bonds is 9. The zero-order valence-corrected chi connectivity index (χ0v) is 14.0. The molecule has 1 unspecified atom stereocenters. The third-order valence-electron chi connectivity index (χ3n) is 4.35. The van der Waals surface area contributed by atoms with Gasteiger partial charge in [0.2, 0.25) is 0 Å². The summed E-state index contributed by atoms with van der Waals surface area (Å²) in [5, 5.41) is 8.30. The van der Waals surface area contributed by atoms with Crippen molar-refractivity contribution < 1.29 is 4.74 Å². The van der Waals surface area contributed by atoms with Gasteiger partial charge in [0, 0.05) is 31.3 Å². The molecule has 0 amide bonds. The maximum absolute atomic E-state index is 5.66. The van der Waals surface area contributed by atoms with E-state index in [2.05, 4.69) is 50.4 Å². The molecule has 1 atom stereocenters. The molecule has 120 valence electrons. The van der Waals surface area contributed by atoms with E-state index in [0.717, 1.165) is 25.5 Å². The molecule has 0 aliphatic heterocycles. The van der Waals surface area contributed by atoms with Gasteiger partial charge in [0.1, 0.15) is 0 Å². The Morgan fingerprint density at radius 3 is 2.71 bits per heavy atom. The molecule has 0 radical (unpaired) electrons. The smallest absolute Gasteiger partial charge is 0.0640 e. The molecule has 1 N–H and O–H groups in total. The van der Waals surface area contributed by atoms with Crippen LogP contribution in [0.15, 0.2) is 12.3 Å². The second kappa shape index (κ2) is 7.95. The number of nitrogens with one attached hydrogen (secondary N) is 1. The first-order chi connectivity index (χ1) is 10.1. The third kappa shape index (κ3) is 4.82. The van der Waals surface area contributed by atoms with Gasteiger partial charge in [-0.3, -0.25) is 4.68 Å². The first-order valence-corrected chi connectivity index (χ1v) is 8.51. The standard InChI is InChI=1S/C17H31N3O/c1-5-18-16(9-14-10-17(11-14)21-6-2)12-15-7-8-20(19-15)13(3)4/h7-8,13-14,16-18H,5-6,9-12H2,1-4H3. The summed E-state index contributed by atoms with van der Waals surface area (Å²) in [6.45, 7) is 10.5. The molecule has 0 bridgehead atoms. The van der Waals surface area contributed by atoms with E-state index < -0.39 is 0 Å². The second-order valence-electron chi connectivity index (χ2n) is 6.49. The van der Waals surface area contributed by atoms with E-state index in [1.807, 2.05) is 4.68 Å². The van der Waals surface area contributed by atoms with Crippen molar-refractivity contribution in [3.05, 3.63) is 18.0 Å². The quantitative estimate of drug-likeness (QED) is 0.760. The largest absolute Gasteiger partial charge is 0.378 e. The van der Waals surface area contributed by atoms with E-state index in [-0.39, 0.29) is 0 Å². The van der Waals surface area contributed by atoms with Crippen molar-refractivity contribution in [3.8, 4) is 0 Å². The Hall–Kier alpha value is -0.870. The van der Waals surface area contributed by atoms with Gasteiger partial charge in [-0.05, 0) is 58.6 Å². The van der Waals surface area contributed by atoms with Crippen LogP contribution in [0.5, 0.6) is 0 Å². The van der Waals surface area contributed by atoms with E-state index >= 15 is 0 Å². The second-order valence-corrected chi connectivity index (χ2v) is 6.49. The van der Waals surface area contributed by atoms with E-state index in [1.54, 1.807) is 0 Å². The molecular formula is C17H31N3O. The topological polar surface area (TPSA) is 39.1 Å². The van der Waals surface area contributed by atoms with Crippen LogP contribution in [0.25, 0.3) is 0 Å². The summed E-state index contributed by atoms with van der Waals surface area (Å²) < 4.78 is 7.71. The Bertz CT molecular complexity index is 410. The minimum Gasteiger partial charge on any atom is -0.378 e. The summed E-state index contributed by atoms with van der Waals surface area (Å²) in [6, 6.07) is 3.14. The maximum Gasteiger partial charge on any atom is 0.0640 e. The van der Waals surface area contributed by atoms with Crippen LogP contribution in [0, 0.1) is 5.92 Å². The van der Waals surface area contributed by atoms with E-state index in [4.69, 9.17) is 4.74 Å². The van der Waals surface area contributed by atoms with Crippen molar-refractivity contribution in [1.82, 2.24) is 15.1 Å². The highest BCUT2D eigenvalue weighted by atomic mass is 16.5. The van der Waals surface area contributed by atoms with E-state index in [1.165, 1.54) is 25.0 Å². The Morgan fingerprint density at radius 1 is 1.38 bits per heavy atom. The Labute approximate surface area is 129 Å². The van der Waals surface area contributed by atoms with Crippen LogP contribution < -0.4 is 5.32 Å². The molecule has 0 saturated heterocycles. The molecule has 1 aliphatic carbocycles. The van der Waals surface area contributed by atoms with Crippen LogP contribution in [0.3, 0.4) is 0 Å². The average Bonchev–Trinajstić information content (AvgIpc) is 2.85. The van der Waals surface area contributed by atoms with Crippen molar-refractivity contribution in [2.24, 2.45) is 5.92 Å². The maximum atomic E-state index is 5.66. The van der Waals surface area contributed by atoms with Crippen LogP contribution in [0.1, 0.15) is 58.7 Å².